The molecule has 0 spiro atoms. The van der Waals surface area contributed by atoms with E-state index in [2.05, 4.69) is 79.1 Å². The summed E-state index contributed by atoms with van der Waals surface area (Å²) in [7, 11) is 2.11. The zero-order valence-electron chi connectivity index (χ0n) is 53.6. The molecule has 492 valence electrons. The number of fused-ring (bicyclic) bond motifs is 1. The Balaban J connectivity index is 0.616. The van der Waals surface area contributed by atoms with Crippen LogP contribution in [0.5, 0.6) is 0 Å². The second kappa shape index (κ2) is 36.2. The third-order valence-corrected chi connectivity index (χ3v) is 17.8. The summed E-state index contributed by atoms with van der Waals surface area (Å²) in [5, 5.41) is 13.6. The minimum Gasteiger partial charge on any atom is -0.401 e. The van der Waals surface area contributed by atoms with Crippen molar-refractivity contribution < 1.29 is 33.3 Å². The van der Waals surface area contributed by atoms with Gasteiger partial charge in [0, 0.05) is 86.1 Å². The van der Waals surface area contributed by atoms with Crippen LogP contribution in [-0.4, -0.2) is 188 Å². The molecule has 0 saturated carbocycles. The van der Waals surface area contributed by atoms with Crippen molar-refractivity contribution >= 4 is 69.0 Å². The monoisotopic (exact) mass is 1310 g/mol. The molecule has 3 amide bonds. The summed E-state index contributed by atoms with van der Waals surface area (Å²) in [4.78, 5) is 65.1. The predicted octanol–water partition coefficient (Wildman–Crippen LogP) is 9.06. The van der Waals surface area contributed by atoms with Gasteiger partial charge in [0.15, 0.2) is 0 Å². The number of nitrogens with two attached hydrogens (primary N) is 2. The number of likely N-dealkylation sites (N-methyl/N-ethyl adjacent to an activating group) is 1. The average molecular weight is 1310 g/mol. The van der Waals surface area contributed by atoms with Crippen LogP contribution >= 0.6 is 34.5 Å². The molecule has 0 radical (unpaired) electrons. The number of halogens is 2. The van der Waals surface area contributed by atoms with Crippen molar-refractivity contribution in [2.75, 3.05) is 124 Å². The van der Waals surface area contributed by atoms with Gasteiger partial charge in [0.05, 0.1) is 93.6 Å². The molecule has 4 heterocycles. The topological polar surface area (TPSA) is 231 Å². The number of anilines is 1. The van der Waals surface area contributed by atoms with Crippen molar-refractivity contribution in [3.8, 4) is 10.4 Å². The van der Waals surface area contributed by atoms with Gasteiger partial charge in [-0.2, -0.15) is 0 Å². The number of amides is 3. The standard InChI is InChI=1S/C68H93Cl2N13O7S/c1-49-63(91-48-75-49)53-18-16-50(17-19-53)45-74-66(85)59-14-9-30-83(59)67(86)64(68(2,3)4)78-61(84)15-8-11-56(71)46-82(72)36-38-88-40-42-90-44-43-89-41-39-87-37-35-79(5)29-10-28-73-65-57-12-6-7-13-58(57)76-60(77-65)47-80-31-33-81(34-32-80)62(51-20-24-54(69)25-21-51)52-22-26-55(70)27-23-52/h6-7,12-13,16-27,46,48,59,62,64H,8-11,14-15,28-45,47,71-72H2,1-5H3,(H,74,85)(H,78,84)(H,73,76,77)/b56-46-. The molecule has 91 heavy (non-hydrogen) atoms. The maximum absolute atomic E-state index is 14.0. The highest BCUT2D eigenvalue weighted by Gasteiger charge is 2.42. The van der Waals surface area contributed by atoms with E-state index in [-0.39, 0.29) is 30.2 Å². The van der Waals surface area contributed by atoms with Gasteiger partial charge in [0.25, 0.3) is 0 Å². The van der Waals surface area contributed by atoms with E-state index in [1.54, 1.807) is 22.4 Å². The zero-order chi connectivity index (χ0) is 64.5. The van der Waals surface area contributed by atoms with Gasteiger partial charge in [-0.05, 0) is 117 Å². The van der Waals surface area contributed by atoms with Crippen molar-refractivity contribution in [1.82, 2.24) is 50.2 Å². The number of ether oxygens (including phenoxy) is 4. The van der Waals surface area contributed by atoms with Crippen LogP contribution in [0.15, 0.2) is 114 Å². The number of hydrogen-bond acceptors (Lipinski definition) is 18. The number of likely N-dealkylation sites (tertiary alicyclic amines) is 1. The van der Waals surface area contributed by atoms with Crippen molar-refractivity contribution in [2.24, 2.45) is 17.0 Å². The Morgan fingerprint density at radius 2 is 1.40 bits per heavy atom. The molecule has 2 fully saturated rings. The highest BCUT2D eigenvalue weighted by atomic mass is 35.5. The van der Waals surface area contributed by atoms with Gasteiger partial charge >= 0.3 is 0 Å². The van der Waals surface area contributed by atoms with Gasteiger partial charge in [0.1, 0.15) is 23.7 Å². The number of thiazole rings is 1. The maximum Gasteiger partial charge on any atom is 0.246 e. The first-order valence-electron chi connectivity index (χ1n) is 31.8. The van der Waals surface area contributed by atoms with Crippen LogP contribution < -0.4 is 27.5 Å². The molecule has 2 unspecified atom stereocenters. The number of carbonyl (C=O) groups is 3. The van der Waals surface area contributed by atoms with E-state index in [4.69, 9.17) is 63.7 Å². The number of rotatable bonds is 36. The number of aryl methyl sites for hydroxylation is 1. The molecule has 2 aromatic heterocycles. The Morgan fingerprint density at radius 3 is 2.02 bits per heavy atom. The van der Waals surface area contributed by atoms with Crippen LogP contribution in [-0.2, 0) is 46.4 Å². The molecular formula is C68H93Cl2N13O7S. The third-order valence-electron chi connectivity index (χ3n) is 16.3. The fourth-order valence-electron chi connectivity index (χ4n) is 11.2. The first-order valence-corrected chi connectivity index (χ1v) is 33.4. The third kappa shape index (κ3) is 22.4. The first kappa shape index (κ1) is 70.5. The fourth-order valence-corrected chi connectivity index (χ4v) is 12.3. The number of aromatic nitrogens is 3. The lowest BCUT2D eigenvalue weighted by atomic mass is 9.85. The van der Waals surface area contributed by atoms with E-state index >= 15 is 0 Å². The molecule has 2 atom stereocenters. The van der Waals surface area contributed by atoms with Crippen LogP contribution in [0, 0.1) is 12.3 Å². The average Bonchev–Trinajstić information content (AvgIpc) is 1.78. The lowest BCUT2D eigenvalue weighted by Gasteiger charge is -2.39. The van der Waals surface area contributed by atoms with Gasteiger partial charge in [-0.3, -0.25) is 24.2 Å². The lowest BCUT2D eigenvalue weighted by Crippen LogP contribution is -2.57. The summed E-state index contributed by atoms with van der Waals surface area (Å²) >= 11 is 14.2. The van der Waals surface area contributed by atoms with Crippen molar-refractivity contribution in [2.45, 2.75) is 97.4 Å². The summed E-state index contributed by atoms with van der Waals surface area (Å²) in [6, 6.07) is 31.3. The minimum atomic E-state index is -0.809. The van der Waals surface area contributed by atoms with E-state index < -0.39 is 17.5 Å². The molecule has 2 aliphatic heterocycles. The van der Waals surface area contributed by atoms with Crippen molar-refractivity contribution in [3.05, 3.63) is 153 Å². The van der Waals surface area contributed by atoms with Crippen LogP contribution in [0.1, 0.15) is 93.5 Å². The molecule has 6 aromatic rings. The summed E-state index contributed by atoms with van der Waals surface area (Å²) in [6.45, 7) is 19.4. The fraction of sp³-hybridized carbons (Fsp3) is 0.500. The van der Waals surface area contributed by atoms with Gasteiger partial charge in [-0.1, -0.05) is 105 Å². The van der Waals surface area contributed by atoms with Crippen LogP contribution in [0.25, 0.3) is 21.3 Å². The number of piperazine rings is 1. The van der Waals surface area contributed by atoms with Gasteiger partial charge in [-0.25, -0.2) is 20.8 Å². The largest absolute Gasteiger partial charge is 0.401 e. The molecule has 0 bridgehead atoms. The van der Waals surface area contributed by atoms with Gasteiger partial charge in [-0.15, -0.1) is 11.3 Å². The highest BCUT2D eigenvalue weighted by molar-refractivity contribution is 7.13. The predicted molar refractivity (Wildman–Crippen MR) is 362 cm³/mol. The second-order valence-electron chi connectivity index (χ2n) is 24.4. The van der Waals surface area contributed by atoms with Crippen molar-refractivity contribution in [3.63, 3.8) is 0 Å². The highest BCUT2D eigenvalue weighted by Crippen LogP contribution is 2.33. The van der Waals surface area contributed by atoms with E-state index in [1.165, 1.54) is 16.1 Å². The smallest absolute Gasteiger partial charge is 0.246 e. The second-order valence-corrected chi connectivity index (χ2v) is 26.1. The first-order chi connectivity index (χ1) is 44.0. The number of benzene rings is 4. The van der Waals surface area contributed by atoms with Crippen molar-refractivity contribution in [1.29, 1.82) is 0 Å². The zero-order valence-corrected chi connectivity index (χ0v) is 55.9. The number of hydrazine groups is 1. The number of carbonyl (C=O) groups excluding carboxylic acids is 3. The molecule has 23 heteroatoms. The normalized spacial score (nSPS) is 15.4. The summed E-state index contributed by atoms with van der Waals surface area (Å²) < 4.78 is 22.9. The number of nitrogens with zero attached hydrogens (tertiary/aromatic N) is 8. The Morgan fingerprint density at radius 1 is 0.769 bits per heavy atom. The van der Waals surface area contributed by atoms with Gasteiger partial charge < -0.3 is 55.4 Å². The van der Waals surface area contributed by atoms with Gasteiger partial charge in [0.2, 0.25) is 17.7 Å². The molecule has 4 aromatic carbocycles. The molecule has 2 aliphatic rings. The summed E-state index contributed by atoms with van der Waals surface area (Å²) in [5.41, 5.74) is 14.4. The molecule has 7 N–H and O–H groups in total. The quantitative estimate of drug-likeness (QED) is 0.0140. The molecule has 8 rings (SSSR count). The molecule has 2 saturated heterocycles. The Hall–Kier alpha value is -6.34. The summed E-state index contributed by atoms with van der Waals surface area (Å²) in [5.74, 6) is 7.13. The Bertz CT molecular complexity index is 3190. The van der Waals surface area contributed by atoms with E-state index in [1.807, 2.05) is 93.9 Å². The maximum atomic E-state index is 14.0. The molecular weight excluding hydrogens is 1210 g/mol. The Labute approximate surface area is 551 Å². The number of allylic oxidation sites excluding steroid dienone is 1. The summed E-state index contributed by atoms with van der Waals surface area (Å²) in [6.07, 6.45) is 4.92. The Kier molecular flexibility index (Phi) is 28.1. The van der Waals surface area contributed by atoms with E-state index in [0.29, 0.717) is 110 Å². The van der Waals surface area contributed by atoms with Crippen LogP contribution in [0.4, 0.5) is 5.82 Å². The SMILES string of the molecule is Cc1ncsc1-c1ccc(CNC(=O)C2CCCN2C(=O)C(NC(=O)CCC/C(N)=C/N(N)CCOCCOCCOCCOCCN(C)CCCNc2nc(CN3CCN(C(c4ccc(Cl)cc4)c4ccc(Cl)cc4)CC3)nc3ccccc23)C(C)(C)C)cc1. The number of hydrogen-bond donors (Lipinski definition) is 5. The van der Waals surface area contributed by atoms with Crippen LogP contribution in [0.3, 0.4) is 0 Å². The lowest BCUT2D eigenvalue weighted by molar-refractivity contribution is -0.143. The molecule has 20 nitrogen and oxygen atoms in total. The number of para-hydroxylation sites is 1. The minimum absolute atomic E-state index is 0.101. The van der Waals surface area contributed by atoms with E-state index in [0.717, 1.165) is 107 Å². The van der Waals surface area contributed by atoms with E-state index in [9.17, 15) is 14.4 Å². The van der Waals surface area contributed by atoms with Crippen LogP contribution in [0.2, 0.25) is 10.0 Å². The number of nitrogens with one attached hydrogen (secondary N) is 3. The molecule has 0 aliphatic carbocycles.